The summed E-state index contributed by atoms with van der Waals surface area (Å²) in [5.41, 5.74) is 27.0. The molecular weight excluding hydrogens is 897 g/mol. The molecule has 0 spiro atoms. The van der Waals surface area contributed by atoms with Crippen molar-refractivity contribution in [1.82, 2.24) is 40.0 Å². The van der Waals surface area contributed by atoms with Crippen LogP contribution in [0.4, 0.5) is 0 Å². The van der Waals surface area contributed by atoms with Crippen LogP contribution in [0.1, 0.15) is 83.2 Å². The first-order chi connectivity index (χ1) is 35.1. The van der Waals surface area contributed by atoms with Crippen LogP contribution in [0.15, 0.2) is 84.9 Å². The number of carbonyl (C=O) groups excluding carboxylic acids is 1. The fraction of sp³-hybridized carbons (Fsp3) is 0.297. The number of carbonyl (C=O) groups is 1. The van der Waals surface area contributed by atoms with Crippen LogP contribution < -0.4 is 5.32 Å². The number of benzene rings is 4. The molecule has 8 bridgehead atoms. The lowest BCUT2D eigenvalue weighted by Gasteiger charge is -2.24. The van der Waals surface area contributed by atoms with Gasteiger partial charge in [-0.05, 0) is 193 Å². The minimum absolute atomic E-state index is 0.0906. The Morgan fingerprint density at radius 1 is 0.466 bits per heavy atom. The van der Waals surface area contributed by atoms with E-state index < -0.39 is 0 Å². The number of fused-ring (bicyclic) bond motifs is 8. The standard InChI is InChI=1S/C64H70N8O/c1-38-31-41(4)57(42(5)32-38)61-51-17-15-49(66-51)60(47-13-12-14-48(37-47)64(73)65-23-24-72-29-27-70(10)25-26-71(11)28-30-72)50-16-18-52(67-50)62(58-43(6)33-39(2)34-44(58)7)54-20-22-56(69-54)63(55-21-19-53(61)68-55)59-45(8)35-40(3)36-46(59)9/h12-22,31-37,66,69H,23-30H2,1-11H3,(H,65,73). The smallest absolute Gasteiger partial charge is 0.251 e. The Kier molecular flexibility index (Phi) is 13.8. The van der Waals surface area contributed by atoms with Crippen molar-refractivity contribution in [3.8, 4) is 44.5 Å². The summed E-state index contributed by atoms with van der Waals surface area (Å²) in [5.74, 6) is -0.0906. The normalized spacial score (nSPS) is 14.6. The van der Waals surface area contributed by atoms with Crippen LogP contribution >= 0.6 is 0 Å². The molecule has 0 unspecified atom stereocenters. The number of nitrogens with zero attached hydrogens (tertiary/aromatic N) is 5. The molecule has 0 saturated carbocycles. The van der Waals surface area contributed by atoms with Crippen LogP contribution in [0, 0.1) is 62.3 Å². The number of nitrogens with one attached hydrogen (secondary N) is 3. The van der Waals surface area contributed by atoms with Gasteiger partial charge < -0.3 is 25.1 Å². The number of amides is 1. The highest BCUT2D eigenvalue weighted by Crippen LogP contribution is 2.42. The lowest BCUT2D eigenvalue weighted by molar-refractivity contribution is 0.0947. The van der Waals surface area contributed by atoms with Crippen molar-refractivity contribution in [2.45, 2.75) is 62.3 Å². The van der Waals surface area contributed by atoms with Crippen molar-refractivity contribution in [2.24, 2.45) is 0 Å². The van der Waals surface area contributed by atoms with Gasteiger partial charge in [0.25, 0.3) is 5.91 Å². The van der Waals surface area contributed by atoms with Crippen molar-refractivity contribution >= 4 is 52.3 Å². The maximum Gasteiger partial charge on any atom is 0.251 e. The second-order valence-electron chi connectivity index (χ2n) is 21.1. The van der Waals surface area contributed by atoms with E-state index in [1.165, 1.54) is 55.6 Å². The second-order valence-corrected chi connectivity index (χ2v) is 21.1. The van der Waals surface area contributed by atoms with Gasteiger partial charge in [0.05, 0.1) is 22.8 Å². The maximum absolute atomic E-state index is 14.2. The van der Waals surface area contributed by atoms with E-state index in [0.717, 1.165) is 130 Å². The third kappa shape index (κ3) is 10.0. The average molecular weight is 967 g/mol. The monoisotopic (exact) mass is 967 g/mol. The molecule has 73 heavy (non-hydrogen) atoms. The molecule has 372 valence electrons. The van der Waals surface area contributed by atoms with E-state index in [1.54, 1.807) is 0 Å². The highest BCUT2D eigenvalue weighted by atomic mass is 16.1. The summed E-state index contributed by atoms with van der Waals surface area (Å²) in [6, 6.07) is 30.4. The molecule has 9 nitrogen and oxygen atoms in total. The fourth-order valence-corrected chi connectivity index (χ4v) is 11.8. The molecule has 1 fully saturated rings. The quantitative estimate of drug-likeness (QED) is 0.140. The predicted molar refractivity (Wildman–Crippen MR) is 307 cm³/mol. The molecule has 7 aromatic rings. The zero-order valence-electron chi connectivity index (χ0n) is 44.7. The molecule has 0 radical (unpaired) electrons. The molecule has 9 heteroatoms. The molecule has 4 aromatic carbocycles. The minimum Gasteiger partial charge on any atom is -0.354 e. The SMILES string of the molecule is Cc1cc(C)c(-c2c3nc(c(-c4c(C)cc(C)cc4C)c4ccc([nH]4)c(-c4c(C)cc(C)cc4C)c4nc(c(-c5cccc(C(=O)NCCN6CCN(C)CCN(C)CC6)c5)c5ccc2[nH]5)C=C4)C=C3)c(C)c1. The van der Waals surface area contributed by atoms with E-state index >= 15 is 0 Å². The van der Waals surface area contributed by atoms with Gasteiger partial charge in [0.1, 0.15) is 0 Å². The minimum atomic E-state index is -0.0906. The van der Waals surface area contributed by atoms with Crippen LogP contribution in [-0.2, 0) is 0 Å². The fourth-order valence-electron chi connectivity index (χ4n) is 11.8. The van der Waals surface area contributed by atoms with Gasteiger partial charge in [0.15, 0.2) is 0 Å². The first kappa shape index (κ1) is 49.4. The van der Waals surface area contributed by atoms with E-state index in [9.17, 15) is 4.79 Å². The van der Waals surface area contributed by atoms with Crippen molar-refractivity contribution in [2.75, 3.05) is 66.5 Å². The predicted octanol–water partition coefficient (Wildman–Crippen LogP) is 13.0. The first-order valence-electron chi connectivity index (χ1n) is 26.0. The Hall–Kier alpha value is -7.17. The van der Waals surface area contributed by atoms with Crippen LogP contribution in [-0.4, -0.2) is 107 Å². The summed E-state index contributed by atoms with van der Waals surface area (Å²) >= 11 is 0. The summed E-state index contributed by atoms with van der Waals surface area (Å²) < 4.78 is 0. The van der Waals surface area contributed by atoms with E-state index in [1.807, 2.05) is 18.2 Å². The summed E-state index contributed by atoms with van der Waals surface area (Å²) in [6.07, 6.45) is 8.67. The van der Waals surface area contributed by atoms with E-state index in [0.29, 0.717) is 12.1 Å². The molecular formula is C64H70N8O. The van der Waals surface area contributed by atoms with Gasteiger partial charge in [0, 0.05) is 102 Å². The van der Waals surface area contributed by atoms with Gasteiger partial charge in [-0.2, -0.15) is 0 Å². The van der Waals surface area contributed by atoms with Crippen LogP contribution in [0.5, 0.6) is 0 Å². The van der Waals surface area contributed by atoms with Gasteiger partial charge >= 0.3 is 0 Å². The van der Waals surface area contributed by atoms with Crippen LogP contribution in [0.2, 0.25) is 0 Å². The summed E-state index contributed by atoms with van der Waals surface area (Å²) in [4.78, 5) is 40.6. The topological polar surface area (TPSA) is 96.2 Å². The molecule has 10 rings (SSSR count). The number of aryl methyl sites for hydroxylation is 9. The highest BCUT2D eigenvalue weighted by molar-refractivity contribution is 6.02. The number of hydrogen-bond acceptors (Lipinski definition) is 6. The number of aromatic amines is 2. The van der Waals surface area contributed by atoms with Gasteiger partial charge in [-0.3, -0.25) is 9.69 Å². The van der Waals surface area contributed by atoms with E-state index in [2.05, 4.69) is 197 Å². The Morgan fingerprint density at radius 2 is 0.822 bits per heavy atom. The summed E-state index contributed by atoms with van der Waals surface area (Å²) in [7, 11) is 4.38. The van der Waals surface area contributed by atoms with Gasteiger partial charge in [-0.1, -0.05) is 65.2 Å². The average Bonchev–Trinajstić information content (AvgIpc) is 4.19. The number of likely N-dealkylation sites (N-methyl/N-ethyl adjacent to an activating group) is 2. The lowest BCUT2D eigenvalue weighted by Crippen LogP contribution is -2.40. The third-order valence-electron chi connectivity index (χ3n) is 15.1. The molecule has 0 atom stereocenters. The molecule has 1 saturated heterocycles. The number of aromatic nitrogens is 4. The molecule has 1 amide bonds. The van der Waals surface area contributed by atoms with E-state index in [4.69, 9.17) is 9.97 Å². The largest absolute Gasteiger partial charge is 0.354 e. The molecule has 3 N–H and O–H groups in total. The van der Waals surface area contributed by atoms with Crippen molar-refractivity contribution < 1.29 is 4.79 Å². The molecule has 3 aromatic heterocycles. The van der Waals surface area contributed by atoms with Gasteiger partial charge in [-0.25, -0.2) is 9.97 Å². The third-order valence-corrected chi connectivity index (χ3v) is 15.1. The highest BCUT2D eigenvalue weighted by Gasteiger charge is 2.23. The molecule has 6 heterocycles. The molecule has 3 aliphatic heterocycles. The molecule has 3 aliphatic rings. The number of H-pyrrole nitrogens is 2. The maximum atomic E-state index is 14.2. The Bertz CT molecular complexity index is 3430. The van der Waals surface area contributed by atoms with E-state index in [-0.39, 0.29) is 5.91 Å². The van der Waals surface area contributed by atoms with Crippen molar-refractivity contribution in [3.05, 3.63) is 163 Å². The van der Waals surface area contributed by atoms with Crippen LogP contribution in [0.3, 0.4) is 0 Å². The zero-order valence-corrected chi connectivity index (χ0v) is 44.7. The Balaban J connectivity index is 1.22. The van der Waals surface area contributed by atoms with Crippen molar-refractivity contribution in [3.63, 3.8) is 0 Å². The molecule has 0 aliphatic carbocycles. The Labute approximate surface area is 431 Å². The Morgan fingerprint density at radius 3 is 1.22 bits per heavy atom. The number of rotatable bonds is 8. The first-order valence-corrected chi connectivity index (χ1v) is 26.0. The summed E-state index contributed by atoms with van der Waals surface area (Å²) in [5, 5.41) is 3.27. The zero-order chi connectivity index (χ0) is 51.2. The van der Waals surface area contributed by atoms with Crippen molar-refractivity contribution in [1.29, 1.82) is 0 Å². The van der Waals surface area contributed by atoms with Gasteiger partial charge in [-0.15, -0.1) is 0 Å². The summed E-state index contributed by atoms with van der Waals surface area (Å²) in [6.45, 7) is 27.2. The lowest BCUT2D eigenvalue weighted by atomic mass is 9.92. The van der Waals surface area contributed by atoms with Crippen LogP contribution in [0.25, 0.3) is 90.9 Å². The van der Waals surface area contributed by atoms with Gasteiger partial charge in [0.2, 0.25) is 0 Å². The second kappa shape index (κ2) is 20.4. The number of hydrogen-bond donors (Lipinski definition) is 3.